The van der Waals surface area contributed by atoms with Crippen molar-refractivity contribution in [2.75, 3.05) is 0 Å². The van der Waals surface area contributed by atoms with Crippen LogP contribution < -0.4 is 5.43 Å². The first kappa shape index (κ1) is 21.1. The summed E-state index contributed by atoms with van der Waals surface area (Å²) in [7, 11) is 0. The van der Waals surface area contributed by atoms with E-state index >= 15 is 0 Å². The molecule has 0 atom stereocenters. The van der Waals surface area contributed by atoms with Gasteiger partial charge in [-0.05, 0) is 68.3 Å². The maximum Gasteiger partial charge on any atom is 0.272 e. The van der Waals surface area contributed by atoms with Gasteiger partial charge >= 0.3 is 0 Å². The van der Waals surface area contributed by atoms with Crippen molar-refractivity contribution in [2.45, 2.75) is 20.8 Å². The summed E-state index contributed by atoms with van der Waals surface area (Å²) in [5.41, 5.74) is 8.37. The maximum atomic E-state index is 13.1. The van der Waals surface area contributed by atoms with Gasteiger partial charge in [0.05, 0.1) is 22.5 Å². The Morgan fingerprint density at radius 1 is 0.906 bits per heavy atom. The summed E-state index contributed by atoms with van der Waals surface area (Å²) in [5.74, 6) is -0.436. The number of hydrogen-bond donors (Lipinski definition) is 3. The van der Waals surface area contributed by atoms with Crippen molar-refractivity contribution in [2.24, 2.45) is 5.10 Å². The molecule has 6 nitrogen and oxygen atoms in total. The van der Waals surface area contributed by atoms with Crippen molar-refractivity contribution in [1.29, 1.82) is 0 Å². The Morgan fingerprint density at radius 2 is 1.69 bits per heavy atom. The van der Waals surface area contributed by atoms with Crippen molar-refractivity contribution >= 4 is 22.5 Å². The summed E-state index contributed by atoms with van der Waals surface area (Å²) in [6.07, 6.45) is 0. The number of nitrogens with zero attached hydrogens (tertiary/aromatic N) is 2. The fourth-order valence-electron chi connectivity index (χ4n) is 3.48. The average Bonchev–Trinajstić information content (AvgIpc) is 2.79. The number of pyridine rings is 1. The molecule has 0 aliphatic rings. The quantitative estimate of drug-likeness (QED) is 0.241. The highest BCUT2D eigenvalue weighted by molar-refractivity contribution is 6.08. The van der Waals surface area contributed by atoms with Crippen LogP contribution in [0.15, 0.2) is 71.8 Å². The molecule has 160 valence electrons. The van der Waals surface area contributed by atoms with Crippen molar-refractivity contribution in [3.05, 3.63) is 89.0 Å². The number of hydrogen-bond acceptors (Lipinski definition) is 5. The SMILES string of the molecule is C/C(=N\NC(=O)c1cc(-c2ccc(C)c(C)c2)nc2ccccc12)c1cc(O)ccc1O. The van der Waals surface area contributed by atoms with Crippen LogP contribution in [0.2, 0.25) is 0 Å². The first-order valence-electron chi connectivity index (χ1n) is 10.2. The van der Waals surface area contributed by atoms with E-state index in [1.54, 1.807) is 13.0 Å². The van der Waals surface area contributed by atoms with Crippen LogP contribution in [0.4, 0.5) is 0 Å². The van der Waals surface area contributed by atoms with Gasteiger partial charge in [0.2, 0.25) is 0 Å². The van der Waals surface area contributed by atoms with Gasteiger partial charge < -0.3 is 10.2 Å². The number of phenols is 2. The van der Waals surface area contributed by atoms with E-state index in [-0.39, 0.29) is 11.5 Å². The number of hydrazone groups is 1. The van der Waals surface area contributed by atoms with E-state index in [9.17, 15) is 15.0 Å². The molecule has 6 heteroatoms. The number of nitrogens with one attached hydrogen (secondary N) is 1. The zero-order chi connectivity index (χ0) is 22.8. The van der Waals surface area contributed by atoms with Crippen LogP contribution in [-0.4, -0.2) is 26.8 Å². The van der Waals surface area contributed by atoms with Gasteiger partial charge in [-0.3, -0.25) is 4.79 Å². The molecule has 0 spiro atoms. The van der Waals surface area contributed by atoms with E-state index in [4.69, 9.17) is 4.98 Å². The molecule has 0 unspecified atom stereocenters. The number of amides is 1. The molecule has 0 aliphatic carbocycles. The van der Waals surface area contributed by atoms with Crippen molar-refractivity contribution < 1.29 is 15.0 Å². The fraction of sp³-hybridized carbons (Fsp3) is 0.115. The standard InChI is InChI=1S/C26H23N3O3/c1-15-8-9-18(12-16(15)2)24-14-22(20-6-4-5-7-23(20)27-24)26(32)29-28-17(3)21-13-19(30)10-11-25(21)31/h4-14,30-31H,1-3H3,(H,29,32)/b28-17+. The summed E-state index contributed by atoms with van der Waals surface area (Å²) < 4.78 is 0. The van der Waals surface area contributed by atoms with E-state index in [0.29, 0.717) is 33.4 Å². The van der Waals surface area contributed by atoms with E-state index in [0.717, 1.165) is 11.1 Å². The van der Waals surface area contributed by atoms with Crippen LogP contribution in [0.5, 0.6) is 11.5 Å². The lowest BCUT2D eigenvalue weighted by Gasteiger charge is -2.11. The normalized spacial score (nSPS) is 11.5. The predicted octanol–water partition coefficient (Wildman–Crippen LogP) is 5.08. The summed E-state index contributed by atoms with van der Waals surface area (Å²) in [6.45, 7) is 5.73. The number of fused-ring (bicyclic) bond motifs is 1. The van der Waals surface area contributed by atoms with Crippen molar-refractivity contribution in [3.63, 3.8) is 0 Å². The Balaban J connectivity index is 1.73. The second-order valence-corrected chi connectivity index (χ2v) is 7.71. The number of para-hydroxylation sites is 1. The van der Waals surface area contributed by atoms with Crippen LogP contribution >= 0.6 is 0 Å². The number of phenolic OH excluding ortho intramolecular Hbond substituents is 2. The number of benzene rings is 3. The molecule has 1 aromatic heterocycles. The Labute approximate surface area is 185 Å². The second-order valence-electron chi connectivity index (χ2n) is 7.71. The molecule has 4 aromatic rings. The van der Waals surface area contributed by atoms with Crippen molar-refractivity contribution in [3.8, 4) is 22.8 Å². The van der Waals surface area contributed by atoms with Gasteiger partial charge in [0.25, 0.3) is 5.91 Å². The predicted molar refractivity (Wildman–Crippen MR) is 126 cm³/mol. The topological polar surface area (TPSA) is 94.8 Å². The molecule has 3 aromatic carbocycles. The first-order chi connectivity index (χ1) is 15.3. The molecule has 0 radical (unpaired) electrons. The molecule has 0 fully saturated rings. The molecule has 0 aliphatic heterocycles. The highest BCUT2D eigenvalue weighted by Crippen LogP contribution is 2.27. The molecule has 0 bridgehead atoms. The molecule has 0 saturated heterocycles. The van der Waals surface area contributed by atoms with Crippen molar-refractivity contribution in [1.82, 2.24) is 10.4 Å². The van der Waals surface area contributed by atoms with Gasteiger partial charge in [-0.15, -0.1) is 0 Å². The van der Waals surface area contributed by atoms with Crippen LogP contribution in [-0.2, 0) is 0 Å². The Hall–Kier alpha value is -4.19. The summed E-state index contributed by atoms with van der Waals surface area (Å²) in [4.78, 5) is 17.8. The van der Waals surface area contributed by atoms with Gasteiger partial charge in [0.1, 0.15) is 11.5 Å². The van der Waals surface area contributed by atoms with Crippen LogP contribution in [0, 0.1) is 13.8 Å². The molecule has 0 saturated carbocycles. The minimum absolute atomic E-state index is 0.00293. The van der Waals surface area contributed by atoms with Crippen LogP contribution in [0.3, 0.4) is 0 Å². The van der Waals surface area contributed by atoms with Gasteiger partial charge in [-0.1, -0.05) is 30.3 Å². The van der Waals surface area contributed by atoms with Gasteiger partial charge in [0, 0.05) is 16.5 Å². The average molecular weight is 425 g/mol. The smallest absolute Gasteiger partial charge is 0.272 e. The number of aromatic nitrogens is 1. The number of carbonyl (C=O) groups is 1. The molecule has 32 heavy (non-hydrogen) atoms. The fourth-order valence-corrected chi connectivity index (χ4v) is 3.48. The number of rotatable bonds is 4. The lowest BCUT2D eigenvalue weighted by Crippen LogP contribution is -2.20. The molecule has 4 rings (SSSR count). The Morgan fingerprint density at radius 3 is 2.47 bits per heavy atom. The van der Waals surface area contributed by atoms with E-state index < -0.39 is 5.91 Å². The molecular weight excluding hydrogens is 402 g/mol. The number of aryl methyl sites for hydroxylation is 2. The third kappa shape index (κ3) is 4.16. The van der Waals surface area contributed by atoms with Crippen LogP contribution in [0.25, 0.3) is 22.2 Å². The highest BCUT2D eigenvalue weighted by Gasteiger charge is 2.15. The van der Waals surface area contributed by atoms with E-state index in [1.807, 2.05) is 43.3 Å². The first-order valence-corrected chi connectivity index (χ1v) is 10.2. The molecular formula is C26H23N3O3. The van der Waals surface area contributed by atoms with Gasteiger partial charge in [0.15, 0.2) is 0 Å². The minimum Gasteiger partial charge on any atom is -0.508 e. The lowest BCUT2D eigenvalue weighted by atomic mass is 10.0. The Kier molecular flexibility index (Phi) is 5.60. The van der Waals surface area contributed by atoms with Gasteiger partial charge in [-0.2, -0.15) is 5.10 Å². The number of aromatic hydroxyl groups is 2. The van der Waals surface area contributed by atoms with E-state index in [2.05, 4.69) is 23.5 Å². The van der Waals surface area contributed by atoms with E-state index in [1.165, 1.54) is 23.8 Å². The minimum atomic E-state index is -0.396. The summed E-state index contributed by atoms with van der Waals surface area (Å²) in [6, 6.07) is 19.4. The third-order valence-corrected chi connectivity index (χ3v) is 5.46. The summed E-state index contributed by atoms with van der Waals surface area (Å²) >= 11 is 0. The molecule has 3 N–H and O–H groups in total. The summed E-state index contributed by atoms with van der Waals surface area (Å²) in [5, 5.41) is 24.5. The number of carbonyl (C=O) groups excluding carboxylic acids is 1. The zero-order valence-electron chi connectivity index (χ0n) is 18.0. The Bertz CT molecular complexity index is 1380. The van der Waals surface area contributed by atoms with Crippen LogP contribution in [0.1, 0.15) is 34.0 Å². The third-order valence-electron chi connectivity index (χ3n) is 5.46. The molecule has 1 heterocycles. The maximum absolute atomic E-state index is 13.1. The second kappa shape index (κ2) is 8.51. The zero-order valence-corrected chi connectivity index (χ0v) is 18.0. The largest absolute Gasteiger partial charge is 0.508 e. The highest BCUT2D eigenvalue weighted by atomic mass is 16.3. The monoisotopic (exact) mass is 425 g/mol. The lowest BCUT2D eigenvalue weighted by molar-refractivity contribution is 0.0956. The van der Waals surface area contributed by atoms with Gasteiger partial charge in [-0.25, -0.2) is 10.4 Å². The molecule has 1 amide bonds.